The summed E-state index contributed by atoms with van der Waals surface area (Å²) in [5.41, 5.74) is 21.4. The summed E-state index contributed by atoms with van der Waals surface area (Å²) in [6.07, 6.45) is 0. The first-order valence-corrected chi connectivity index (χ1v) is 23.2. The zero-order valence-corrected chi connectivity index (χ0v) is 37.4. The molecule has 0 aliphatic heterocycles. The molecule has 0 N–H and O–H groups in total. The Bertz CT molecular complexity index is 3410. The van der Waals surface area contributed by atoms with Crippen LogP contribution in [0.25, 0.3) is 66.8 Å². The molecule has 0 bridgehead atoms. The Hall–Kier alpha value is -8.79. The molecule has 320 valence electrons. The summed E-state index contributed by atoms with van der Waals surface area (Å²) in [6, 6.07) is 89.0. The molecule has 0 amide bonds. The van der Waals surface area contributed by atoms with Gasteiger partial charge in [0.1, 0.15) is 0 Å². The van der Waals surface area contributed by atoms with E-state index in [0.717, 1.165) is 61.2 Å². The number of benzene rings is 10. The topological polar surface area (TPSA) is 37.1 Å². The Labute approximate surface area is 397 Å². The number of fused-ring (bicyclic) bond motifs is 10. The van der Waals surface area contributed by atoms with E-state index in [9.17, 15) is 0 Å². The third-order valence-corrected chi connectivity index (χ3v) is 13.6. The number of nitrogens with zero attached hydrogens (tertiary/aromatic N) is 3. The Morgan fingerprint density at radius 3 is 1.07 bits per heavy atom. The Kier molecular flexibility index (Phi) is 10.3. The van der Waals surface area contributed by atoms with Gasteiger partial charge in [-0.05, 0) is 138 Å². The van der Waals surface area contributed by atoms with Crippen molar-refractivity contribution in [2.75, 3.05) is 0 Å². The first-order valence-electron chi connectivity index (χ1n) is 23.2. The lowest BCUT2D eigenvalue weighted by molar-refractivity contribution is 0.791. The molecule has 10 aromatic rings. The fourth-order valence-corrected chi connectivity index (χ4v) is 10.6. The number of rotatable bonds is 8. The summed E-state index contributed by atoms with van der Waals surface area (Å²) in [5.74, 6) is 1.07. The van der Waals surface area contributed by atoms with Gasteiger partial charge in [-0.3, -0.25) is 4.99 Å². The van der Waals surface area contributed by atoms with Crippen molar-refractivity contribution >= 4 is 18.4 Å². The standard InChI is InChI=1S/C65H45N3/c1-66-63(53-39-49(45-20-6-2-7-21-45)37-50(40-53)46-22-8-3-9-23-46)68-64(54-41-51(47-24-10-4-11-25-47)38-52(42-54)48-26-12-5-13-27-48)67-43-44-34-35-58-57-30-16-19-33-61(57)65(62(58)36-44)59-31-17-14-28-55(59)56-29-15-18-32-60(56)65/h2-42H,1,43H2/b67-64-,68-63-. The largest absolute Gasteiger partial charge is 0.261 e. The lowest BCUT2D eigenvalue weighted by Gasteiger charge is -2.30. The van der Waals surface area contributed by atoms with Crippen molar-refractivity contribution in [1.29, 1.82) is 0 Å². The minimum absolute atomic E-state index is 0.391. The highest BCUT2D eigenvalue weighted by Gasteiger charge is 2.51. The summed E-state index contributed by atoms with van der Waals surface area (Å²) in [6.45, 7) is 4.53. The van der Waals surface area contributed by atoms with E-state index in [2.05, 4.69) is 248 Å². The fourth-order valence-electron chi connectivity index (χ4n) is 10.6. The Morgan fingerprint density at radius 2 is 0.676 bits per heavy atom. The van der Waals surface area contributed by atoms with Crippen molar-refractivity contribution in [2.45, 2.75) is 12.0 Å². The third-order valence-electron chi connectivity index (χ3n) is 13.6. The lowest BCUT2D eigenvalue weighted by atomic mass is 9.70. The first-order chi connectivity index (χ1) is 33.7. The van der Waals surface area contributed by atoms with Crippen LogP contribution in [0.15, 0.2) is 264 Å². The zero-order valence-electron chi connectivity index (χ0n) is 37.4. The van der Waals surface area contributed by atoms with Gasteiger partial charge >= 0.3 is 0 Å². The van der Waals surface area contributed by atoms with Crippen molar-refractivity contribution in [3.8, 4) is 66.8 Å². The van der Waals surface area contributed by atoms with Gasteiger partial charge in [-0.25, -0.2) is 9.98 Å². The average molecular weight is 868 g/mol. The van der Waals surface area contributed by atoms with Gasteiger partial charge in [-0.2, -0.15) is 0 Å². The molecule has 10 aromatic carbocycles. The second kappa shape index (κ2) is 17.2. The van der Waals surface area contributed by atoms with E-state index in [1.54, 1.807) is 0 Å². The van der Waals surface area contributed by atoms with Crippen molar-refractivity contribution in [3.63, 3.8) is 0 Å². The second-order valence-electron chi connectivity index (χ2n) is 17.6. The van der Waals surface area contributed by atoms with Gasteiger partial charge in [0.15, 0.2) is 11.7 Å². The van der Waals surface area contributed by atoms with Gasteiger partial charge in [0.05, 0.1) is 12.0 Å². The fraction of sp³-hybridized carbons (Fsp3) is 0.0308. The van der Waals surface area contributed by atoms with E-state index >= 15 is 0 Å². The molecule has 0 unspecified atom stereocenters. The zero-order chi connectivity index (χ0) is 45.4. The van der Waals surface area contributed by atoms with E-state index in [4.69, 9.17) is 9.98 Å². The SMILES string of the molecule is C=N/C(=N\C(=N/Cc1ccc2c(c1)C1(c3ccccc3-c3ccccc31)c1ccccc1-2)c1cc(-c2ccccc2)cc(-c2ccccc2)c1)c1cc(-c2ccccc2)cc(-c2ccccc2)c1. The average Bonchev–Trinajstić information content (AvgIpc) is 3.89. The van der Waals surface area contributed by atoms with Crippen LogP contribution in [0.3, 0.4) is 0 Å². The molecule has 0 saturated carbocycles. The summed E-state index contributed by atoms with van der Waals surface area (Å²) >= 11 is 0. The van der Waals surface area contributed by atoms with Crippen LogP contribution in [0.4, 0.5) is 0 Å². The van der Waals surface area contributed by atoms with Gasteiger partial charge in [-0.1, -0.05) is 212 Å². The van der Waals surface area contributed by atoms with Gasteiger partial charge in [0, 0.05) is 11.1 Å². The predicted molar refractivity (Wildman–Crippen MR) is 284 cm³/mol. The molecule has 12 rings (SSSR count). The van der Waals surface area contributed by atoms with Gasteiger partial charge in [-0.15, -0.1) is 0 Å². The van der Waals surface area contributed by atoms with E-state index < -0.39 is 5.41 Å². The molecule has 0 aromatic heterocycles. The molecule has 0 heterocycles. The quantitative estimate of drug-likeness (QED) is 0.108. The van der Waals surface area contributed by atoms with Crippen LogP contribution < -0.4 is 0 Å². The van der Waals surface area contributed by atoms with E-state index in [1.807, 2.05) is 12.1 Å². The molecule has 3 nitrogen and oxygen atoms in total. The highest BCUT2D eigenvalue weighted by molar-refractivity contribution is 6.14. The summed E-state index contributed by atoms with van der Waals surface area (Å²) in [7, 11) is 0. The van der Waals surface area contributed by atoms with E-state index in [0.29, 0.717) is 18.2 Å². The molecule has 3 heteroatoms. The van der Waals surface area contributed by atoms with Crippen molar-refractivity contribution in [1.82, 2.24) is 0 Å². The van der Waals surface area contributed by atoms with E-state index in [-0.39, 0.29) is 0 Å². The highest BCUT2D eigenvalue weighted by atomic mass is 15.0. The molecule has 0 fully saturated rings. The Morgan fingerprint density at radius 1 is 0.324 bits per heavy atom. The molecule has 0 atom stereocenters. The summed E-state index contributed by atoms with van der Waals surface area (Å²) < 4.78 is 0. The van der Waals surface area contributed by atoms with E-state index in [1.165, 1.54) is 44.5 Å². The van der Waals surface area contributed by atoms with Crippen LogP contribution in [0.1, 0.15) is 38.9 Å². The normalized spacial score (nSPS) is 13.1. The van der Waals surface area contributed by atoms with Crippen LogP contribution in [-0.4, -0.2) is 18.4 Å². The van der Waals surface area contributed by atoms with Crippen LogP contribution in [0.5, 0.6) is 0 Å². The molecule has 0 saturated heterocycles. The summed E-state index contributed by atoms with van der Waals surface area (Å²) in [5, 5.41) is 0. The minimum atomic E-state index is -0.450. The van der Waals surface area contributed by atoms with Crippen LogP contribution >= 0.6 is 0 Å². The van der Waals surface area contributed by atoms with Gasteiger partial charge < -0.3 is 0 Å². The van der Waals surface area contributed by atoms with Crippen LogP contribution in [0.2, 0.25) is 0 Å². The maximum absolute atomic E-state index is 5.53. The highest BCUT2D eigenvalue weighted by Crippen LogP contribution is 2.62. The van der Waals surface area contributed by atoms with Crippen molar-refractivity contribution < 1.29 is 0 Å². The van der Waals surface area contributed by atoms with Crippen LogP contribution in [-0.2, 0) is 12.0 Å². The smallest absolute Gasteiger partial charge is 0.161 e. The van der Waals surface area contributed by atoms with Crippen molar-refractivity contribution in [2.24, 2.45) is 15.0 Å². The van der Waals surface area contributed by atoms with Gasteiger partial charge in [0.2, 0.25) is 0 Å². The number of aliphatic imine (C=N–C) groups is 3. The lowest BCUT2D eigenvalue weighted by Crippen LogP contribution is -2.25. The maximum Gasteiger partial charge on any atom is 0.161 e. The third kappa shape index (κ3) is 7.04. The minimum Gasteiger partial charge on any atom is -0.261 e. The second-order valence-corrected chi connectivity index (χ2v) is 17.6. The first kappa shape index (κ1) is 40.7. The van der Waals surface area contributed by atoms with Crippen molar-refractivity contribution in [3.05, 3.63) is 288 Å². The monoisotopic (exact) mass is 867 g/mol. The Balaban J connectivity index is 1.05. The van der Waals surface area contributed by atoms with Crippen LogP contribution in [0, 0.1) is 0 Å². The molecule has 2 aliphatic carbocycles. The molecular weight excluding hydrogens is 823 g/mol. The molecule has 1 spiro atoms. The van der Waals surface area contributed by atoms with Gasteiger partial charge in [0.25, 0.3) is 0 Å². The number of amidine groups is 2. The molecule has 2 aliphatic rings. The maximum atomic E-state index is 5.53. The number of hydrogen-bond donors (Lipinski definition) is 0. The number of hydrogen-bond acceptors (Lipinski definition) is 1. The molecule has 68 heavy (non-hydrogen) atoms. The predicted octanol–water partition coefficient (Wildman–Crippen LogP) is 15.8. The molecular formula is C65H45N3. The summed E-state index contributed by atoms with van der Waals surface area (Å²) in [4.78, 5) is 15.7. The molecule has 0 radical (unpaired) electrons.